The first-order valence-electron chi connectivity index (χ1n) is 4.73. The summed E-state index contributed by atoms with van der Waals surface area (Å²) in [7, 11) is -3.22. The van der Waals surface area contributed by atoms with Crippen LogP contribution >= 0.6 is 27.5 Å². The Morgan fingerprint density at radius 2 is 2.19 bits per heavy atom. The fraction of sp³-hybridized carbons (Fsp3) is 0.400. The highest BCUT2D eigenvalue weighted by Crippen LogP contribution is 2.12. The first-order chi connectivity index (χ1) is 7.43. The van der Waals surface area contributed by atoms with E-state index in [0.29, 0.717) is 11.4 Å². The van der Waals surface area contributed by atoms with Crippen molar-refractivity contribution in [3.05, 3.63) is 34.9 Å². The van der Waals surface area contributed by atoms with Gasteiger partial charge in [0.25, 0.3) is 0 Å². The zero-order valence-electron chi connectivity index (χ0n) is 8.78. The van der Waals surface area contributed by atoms with Crippen molar-refractivity contribution in [2.75, 3.05) is 4.66 Å². The second kappa shape index (κ2) is 6.00. The number of alkyl halides is 1. The summed E-state index contributed by atoms with van der Waals surface area (Å²) < 4.78 is 25.0. The van der Waals surface area contributed by atoms with E-state index in [0.717, 1.165) is 5.56 Å². The molecule has 1 unspecified atom stereocenters. The third-order valence-electron chi connectivity index (χ3n) is 1.96. The summed E-state index contributed by atoms with van der Waals surface area (Å²) >= 11 is 8.77. The average molecular weight is 327 g/mol. The van der Waals surface area contributed by atoms with E-state index in [1.807, 2.05) is 25.1 Å². The third kappa shape index (κ3) is 4.82. The topological polar surface area (TPSA) is 46.2 Å². The van der Waals surface area contributed by atoms with Gasteiger partial charge in [-0.2, -0.15) is 0 Å². The summed E-state index contributed by atoms with van der Waals surface area (Å²) in [6, 6.07) is 7.24. The summed E-state index contributed by atoms with van der Waals surface area (Å²) in [4.78, 5) is 0. The van der Waals surface area contributed by atoms with Crippen molar-refractivity contribution >= 4 is 37.6 Å². The maximum Gasteiger partial charge on any atom is 0.221 e. The van der Waals surface area contributed by atoms with Gasteiger partial charge in [-0.15, -0.1) is 0 Å². The fourth-order valence-corrected chi connectivity index (χ4v) is 2.77. The molecular formula is C10H13BrClNO2S. The van der Waals surface area contributed by atoms with Crippen molar-refractivity contribution in [1.29, 1.82) is 0 Å². The number of nitrogens with one attached hydrogen (secondary N) is 1. The van der Waals surface area contributed by atoms with Crippen LogP contribution < -0.4 is 4.72 Å². The number of halogens is 2. The summed E-state index contributed by atoms with van der Waals surface area (Å²) in [6.07, 6.45) is 0.618. The Morgan fingerprint density at radius 1 is 1.50 bits per heavy atom. The quantitative estimate of drug-likeness (QED) is 0.845. The summed E-state index contributed by atoms with van der Waals surface area (Å²) in [5.74, 6) is 0. The lowest BCUT2D eigenvalue weighted by Crippen LogP contribution is -2.34. The molecule has 1 aromatic rings. The molecule has 0 aliphatic carbocycles. The molecule has 0 aliphatic heterocycles. The Labute approximate surface area is 109 Å². The van der Waals surface area contributed by atoms with Gasteiger partial charge in [0.15, 0.2) is 0 Å². The summed E-state index contributed by atoms with van der Waals surface area (Å²) in [5.41, 5.74) is 1.01. The van der Waals surface area contributed by atoms with Crippen LogP contribution in [0.25, 0.3) is 0 Å². The molecule has 0 bridgehead atoms. The highest BCUT2D eigenvalue weighted by atomic mass is 79.9. The molecule has 0 amide bonds. The van der Waals surface area contributed by atoms with Crippen molar-refractivity contribution < 1.29 is 8.42 Å². The molecule has 1 aromatic carbocycles. The van der Waals surface area contributed by atoms with Crippen molar-refractivity contribution in [2.45, 2.75) is 19.4 Å². The minimum absolute atomic E-state index is 0.0834. The van der Waals surface area contributed by atoms with E-state index in [1.165, 1.54) is 0 Å². The molecule has 6 heteroatoms. The lowest BCUT2D eigenvalue weighted by molar-refractivity contribution is 0.565. The molecule has 1 rings (SSSR count). The number of benzene rings is 1. The molecule has 0 spiro atoms. The van der Waals surface area contributed by atoms with Gasteiger partial charge in [-0.3, -0.25) is 0 Å². The lowest BCUT2D eigenvalue weighted by atomic mass is 10.1. The molecule has 0 aromatic heterocycles. The smallest absolute Gasteiger partial charge is 0.212 e. The molecule has 0 aliphatic rings. The number of rotatable bonds is 5. The van der Waals surface area contributed by atoms with Gasteiger partial charge in [0.2, 0.25) is 10.0 Å². The highest BCUT2D eigenvalue weighted by molar-refractivity contribution is 9.10. The number of hydrogen-bond acceptors (Lipinski definition) is 2. The first-order valence-corrected chi connectivity index (χ1v) is 7.88. The lowest BCUT2D eigenvalue weighted by Gasteiger charge is -2.13. The van der Waals surface area contributed by atoms with Gasteiger partial charge in [0, 0.05) is 11.1 Å². The van der Waals surface area contributed by atoms with Crippen molar-refractivity contribution in [2.24, 2.45) is 0 Å². The van der Waals surface area contributed by atoms with Crippen LogP contribution in [-0.4, -0.2) is 19.1 Å². The molecule has 1 atom stereocenters. The van der Waals surface area contributed by atoms with Crippen LogP contribution in [0.15, 0.2) is 24.3 Å². The molecule has 3 nitrogen and oxygen atoms in total. The molecule has 0 saturated carbocycles. The van der Waals surface area contributed by atoms with Crippen LogP contribution in [-0.2, 0) is 16.4 Å². The number of hydrogen-bond donors (Lipinski definition) is 1. The summed E-state index contributed by atoms with van der Waals surface area (Å²) in [6.45, 7) is 1.82. The van der Waals surface area contributed by atoms with E-state index >= 15 is 0 Å². The predicted octanol–water partition coefficient (Wildman–Crippen LogP) is 2.54. The van der Waals surface area contributed by atoms with Gasteiger partial charge in [-0.25, -0.2) is 13.1 Å². The normalized spacial score (nSPS) is 13.7. The minimum Gasteiger partial charge on any atom is -0.212 e. The van der Waals surface area contributed by atoms with Gasteiger partial charge in [-0.05, 0) is 31.0 Å². The molecule has 0 heterocycles. The Hall–Kier alpha value is -0.100. The molecule has 0 fully saturated rings. The maximum absolute atomic E-state index is 11.3. The Bertz CT molecular complexity index is 450. The Morgan fingerprint density at radius 3 is 2.75 bits per heavy atom. The van der Waals surface area contributed by atoms with Gasteiger partial charge in [0.1, 0.15) is 4.66 Å². The molecule has 1 N–H and O–H groups in total. The standard InChI is InChI=1S/C10H13BrClNO2S/c1-8(13-16(14,15)7-11)5-9-3-2-4-10(12)6-9/h2-4,6,8,13H,5,7H2,1H3. The molecular weight excluding hydrogens is 314 g/mol. The van der Waals surface area contributed by atoms with Crippen LogP contribution in [0.2, 0.25) is 5.02 Å². The third-order valence-corrected chi connectivity index (χ3v) is 5.05. The maximum atomic E-state index is 11.3. The molecule has 16 heavy (non-hydrogen) atoms. The SMILES string of the molecule is CC(Cc1cccc(Cl)c1)NS(=O)(=O)CBr. The van der Waals surface area contributed by atoms with E-state index in [-0.39, 0.29) is 10.7 Å². The summed E-state index contributed by atoms with van der Waals surface area (Å²) in [5, 5.41) is 0.660. The van der Waals surface area contributed by atoms with E-state index in [9.17, 15) is 8.42 Å². The van der Waals surface area contributed by atoms with E-state index in [4.69, 9.17) is 11.6 Å². The van der Waals surface area contributed by atoms with Crippen molar-refractivity contribution in [1.82, 2.24) is 4.72 Å². The van der Waals surface area contributed by atoms with Crippen LogP contribution in [0.5, 0.6) is 0 Å². The zero-order chi connectivity index (χ0) is 12.2. The van der Waals surface area contributed by atoms with E-state index < -0.39 is 10.0 Å². The molecule has 0 radical (unpaired) electrons. The van der Waals surface area contributed by atoms with Gasteiger partial charge in [-0.1, -0.05) is 39.7 Å². The monoisotopic (exact) mass is 325 g/mol. The van der Waals surface area contributed by atoms with Crippen molar-refractivity contribution in [3.8, 4) is 0 Å². The zero-order valence-corrected chi connectivity index (χ0v) is 11.9. The molecule has 90 valence electrons. The fourth-order valence-electron chi connectivity index (χ4n) is 1.40. The average Bonchev–Trinajstić information content (AvgIpc) is 2.16. The van der Waals surface area contributed by atoms with Crippen LogP contribution in [0.4, 0.5) is 0 Å². The second-order valence-corrected chi connectivity index (χ2v) is 7.07. The van der Waals surface area contributed by atoms with Crippen LogP contribution in [0.3, 0.4) is 0 Å². The molecule has 0 saturated heterocycles. The van der Waals surface area contributed by atoms with E-state index in [2.05, 4.69) is 20.7 Å². The Kier molecular flexibility index (Phi) is 5.24. The van der Waals surface area contributed by atoms with Crippen molar-refractivity contribution in [3.63, 3.8) is 0 Å². The first kappa shape index (κ1) is 14.0. The van der Waals surface area contributed by atoms with Gasteiger partial charge < -0.3 is 0 Å². The van der Waals surface area contributed by atoms with Crippen LogP contribution in [0.1, 0.15) is 12.5 Å². The van der Waals surface area contributed by atoms with Gasteiger partial charge in [0.05, 0.1) is 0 Å². The predicted molar refractivity (Wildman–Crippen MR) is 70.5 cm³/mol. The minimum atomic E-state index is -3.22. The largest absolute Gasteiger partial charge is 0.221 e. The van der Waals surface area contributed by atoms with Gasteiger partial charge >= 0.3 is 0 Å². The number of sulfonamides is 1. The second-order valence-electron chi connectivity index (χ2n) is 3.58. The highest BCUT2D eigenvalue weighted by Gasteiger charge is 2.12. The van der Waals surface area contributed by atoms with E-state index in [1.54, 1.807) is 6.07 Å². The van der Waals surface area contributed by atoms with Crippen LogP contribution in [0, 0.1) is 0 Å². The Balaban J connectivity index is 2.62.